The van der Waals surface area contributed by atoms with Crippen molar-refractivity contribution in [2.45, 2.75) is 25.8 Å². The fourth-order valence-electron chi connectivity index (χ4n) is 2.14. The third-order valence-electron chi connectivity index (χ3n) is 3.14. The third kappa shape index (κ3) is 4.75. The number of aromatic nitrogens is 1. The van der Waals surface area contributed by atoms with Crippen LogP contribution < -0.4 is 16.8 Å². The van der Waals surface area contributed by atoms with E-state index in [4.69, 9.17) is 11.5 Å². The number of hydrogen-bond donors (Lipinski definition) is 3. The molecule has 5 N–H and O–H groups in total. The maximum Gasteiger partial charge on any atom is 0.217 e. The van der Waals surface area contributed by atoms with Crippen molar-refractivity contribution in [1.82, 2.24) is 10.3 Å². The van der Waals surface area contributed by atoms with Gasteiger partial charge in [0.25, 0.3) is 0 Å². The molecule has 0 unspecified atom stereocenters. The van der Waals surface area contributed by atoms with Crippen molar-refractivity contribution >= 4 is 39.2 Å². The predicted molar refractivity (Wildman–Crippen MR) is 91.5 cm³/mol. The first kappa shape index (κ1) is 16.9. The van der Waals surface area contributed by atoms with E-state index in [1.807, 2.05) is 24.3 Å². The van der Waals surface area contributed by atoms with Crippen LogP contribution in [0.15, 0.2) is 29.3 Å². The lowest BCUT2D eigenvalue weighted by Gasteiger charge is -2.14. The molecule has 1 atom stereocenters. The zero-order valence-electron chi connectivity index (χ0n) is 12.8. The topological polar surface area (TPSA) is 123 Å². The van der Waals surface area contributed by atoms with Crippen molar-refractivity contribution in [1.29, 1.82) is 0 Å². The molecule has 0 aliphatic rings. The normalized spacial score (nSPS) is 11.9. The Labute approximate surface area is 137 Å². The highest BCUT2D eigenvalue weighted by Crippen LogP contribution is 2.23. The SMILES string of the molecule is CC(=O)N[C@@H](CCCN=C(N)N)C(=O)c1nc2ccccc2s1. The summed E-state index contributed by atoms with van der Waals surface area (Å²) in [6, 6.07) is 6.92. The lowest BCUT2D eigenvalue weighted by Crippen LogP contribution is -2.39. The number of hydrogen-bond acceptors (Lipinski definition) is 5. The number of benzene rings is 1. The predicted octanol–water partition coefficient (Wildman–Crippen LogP) is 1.04. The summed E-state index contributed by atoms with van der Waals surface area (Å²) >= 11 is 1.33. The van der Waals surface area contributed by atoms with Gasteiger partial charge in [0.1, 0.15) is 0 Å². The van der Waals surface area contributed by atoms with Crippen LogP contribution in [0.4, 0.5) is 0 Å². The minimum Gasteiger partial charge on any atom is -0.370 e. The van der Waals surface area contributed by atoms with Gasteiger partial charge in [-0.2, -0.15) is 0 Å². The van der Waals surface area contributed by atoms with E-state index in [2.05, 4.69) is 15.3 Å². The monoisotopic (exact) mass is 333 g/mol. The number of guanidine groups is 1. The Morgan fingerprint density at radius 3 is 2.74 bits per heavy atom. The van der Waals surface area contributed by atoms with Crippen molar-refractivity contribution in [3.63, 3.8) is 0 Å². The van der Waals surface area contributed by atoms with Crippen molar-refractivity contribution in [2.24, 2.45) is 16.5 Å². The van der Waals surface area contributed by atoms with Crippen molar-refractivity contribution < 1.29 is 9.59 Å². The van der Waals surface area contributed by atoms with Crippen LogP contribution in [0, 0.1) is 0 Å². The van der Waals surface area contributed by atoms with Crippen LogP contribution in [0.25, 0.3) is 10.2 Å². The standard InChI is InChI=1S/C15H19N5O2S/c1-9(21)19-11(6-4-8-18-15(16)17)13(22)14-20-10-5-2-3-7-12(10)23-14/h2-3,5,7,11H,4,6,8H2,1H3,(H,19,21)(H4,16,17,18)/t11-/m0/s1. The van der Waals surface area contributed by atoms with Crippen LogP contribution in [0.1, 0.15) is 29.6 Å². The first-order valence-electron chi connectivity index (χ1n) is 7.19. The van der Waals surface area contributed by atoms with Gasteiger partial charge in [-0.15, -0.1) is 11.3 Å². The lowest BCUT2D eigenvalue weighted by atomic mass is 10.1. The van der Waals surface area contributed by atoms with E-state index >= 15 is 0 Å². The van der Waals surface area contributed by atoms with Gasteiger partial charge in [0.05, 0.1) is 16.3 Å². The molecule has 0 fully saturated rings. The quantitative estimate of drug-likeness (QED) is 0.302. The Hall–Kier alpha value is -2.48. The molecule has 1 aromatic heterocycles. The molecular weight excluding hydrogens is 314 g/mol. The smallest absolute Gasteiger partial charge is 0.217 e. The highest BCUT2D eigenvalue weighted by molar-refractivity contribution is 7.20. The first-order valence-corrected chi connectivity index (χ1v) is 8.01. The maximum atomic E-state index is 12.6. The Bertz CT molecular complexity index is 703. The van der Waals surface area contributed by atoms with Crippen molar-refractivity contribution in [3.8, 4) is 0 Å². The second kappa shape index (κ2) is 7.68. The number of carbonyl (C=O) groups is 2. The number of amides is 1. The van der Waals surface area contributed by atoms with E-state index in [1.165, 1.54) is 18.3 Å². The molecule has 0 saturated carbocycles. The maximum absolute atomic E-state index is 12.6. The summed E-state index contributed by atoms with van der Waals surface area (Å²) in [7, 11) is 0. The van der Waals surface area contributed by atoms with Gasteiger partial charge in [0.2, 0.25) is 11.7 Å². The van der Waals surface area contributed by atoms with Gasteiger partial charge in [0, 0.05) is 13.5 Å². The Morgan fingerprint density at radius 2 is 2.09 bits per heavy atom. The van der Waals surface area contributed by atoms with E-state index in [0.29, 0.717) is 24.4 Å². The van der Waals surface area contributed by atoms with Crippen LogP contribution in [0.5, 0.6) is 0 Å². The number of ketones is 1. The summed E-state index contributed by atoms with van der Waals surface area (Å²) < 4.78 is 0.943. The number of nitrogens with one attached hydrogen (secondary N) is 1. The molecule has 0 aliphatic carbocycles. The average molecular weight is 333 g/mol. The molecule has 7 nitrogen and oxygen atoms in total. The summed E-state index contributed by atoms with van der Waals surface area (Å²) in [4.78, 5) is 32.2. The summed E-state index contributed by atoms with van der Waals surface area (Å²) in [5.41, 5.74) is 11.3. The molecule has 23 heavy (non-hydrogen) atoms. The van der Waals surface area contributed by atoms with Gasteiger partial charge in [-0.05, 0) is 25.0 Å². The zero-order chi connectivity index (χ0) is 16.8. The third-order valence-corrected chi connectivity index (χ3v) is 4.19. The van der Waals surface area contributed by atoms with Crippen molar-refractivity contribution in [3.05, 3.63) is 29.3 Å². The molecule has 1 aromatic carbocycles. The van der Waals surface area contributed by atoms with Crippen LogP contribution in [-0.2, 0) is 4.79 Å². The first-order chi connectivity index (χ1) is 11.0. The Morgan fingerprint density at radius 1 is 1.35 bits per heavy atom. The van der Waals surface area contributed by atoms with E-state index in [-0.39, 0.29) is 17.6 Å². The molecule has 122 valence electrons. The van der Waals surface area contributed by atoms with Gasteiger partial charge in [-0.3, -0.25) is 14.6 Å². The van der Waals surface area contributed by atoms with Crippen LogP contribution in [-0.4, -0.2) is 35.2 Å². The number of thiazole rings is 1. The lowest BCUT2D eigenvalue weighted by molar-refractivity contribution is -0.119. The van der Waals surface area contributed by atoms with E-state index < -0.39 is 6.04 Å². The number of rotatable bonds is 7. The largest absolute Gasteiger partial charge is 0.370 e. The number of nitrogens with two attached hydrogens (primary N) is 2. The van der Waals surface area contributed by atoms with Gasteiger partial charge in [-0.25, -0.2) is 4.98 Å². The molecule has 0 radical (unpaired) electrons. The number of fused-ring (bicyclic) bond motifs is 1. The zero-order valence-corrected chi connectivity index (χ0v) is 13.6. The second-order valence-corrected chi connectivity index (χ2v) is 6.08. The Balaban J connectivity index is 2.11. The highest BCUT2D eigenvalue weighted by atomic mass is 32.1. The molecular formula is C15H19N5O2S. The fraction of sp³-hybridized carbons (Fsp3) is 0.333. The van der Waals surface area contributed by atoms with Gasteiger partial charge < -0.3 is 16.8 Å². The molecule has 0 spiro atoms. The second-order valence-electron chi connectivity index (χ2n) is 5.05. The highest BCUT2D eigenvalue weighted by Gasteiger charge is 2.23. The minimum atomic E-state index is -0.623. The van der Waals surface area contributed by atoms with Gasteiger partial charge in [0.15, 0.2) is 11.0 Å². The number of para-hydroxylation sites is 1. The number of nitrogens with zero attached hydrogens (tertiary/aromatic N) is 2. The van der Waals surface area contributed by atoms with E-state index in [1.54, 1.807) is 0 Å². The van der Waals surface area contributed by atoms with Crippen LogP contribution >= 0.6 is 11.3 Å². The molecule has 0 aliphatic heterocycles. The van der Waals surface area contributed by atoms with E-state index in [9.17, 15) is 9.59 Å². The van der Waals surface area contributed by atoms with Gasteiger partial charge >= 0.3 is 0 Å². The van der Waals surface area contributed by atoms with Crippen molar-refractivity contribution in [2.75, 3.05) is 6.54 Å². The molecule has 1 heterocycles. The summed E-state index contributed by atoms with van der Waals surface area (Å²) in [5.74, 6) is -0.434. The fourth-order valence-corrected chi connectivity index (χ4v) is 3.10. The number of carbonyl (C=O) groups excluding carboxylic acids is 2. The van der Waals surface area contributed by atoms with E-state index in [0.717, 1.165) is 10.2 Å². The molecule has 0 saturated heterocycles. The summed E-state index contributed by atoms with van der Waals surface area (Å²) in [5, 5.41) is 3.07. The Kier molecular flexibility index (Phi) is 5.64. The average Bonchev–Trinajstić information content (AvgIpc) is 2.93. The number of Topliss-reactive ketones (excluding diaryl/α,β-unsaturated/α-hetero) is 1. The molecule has 2 aromatic rings. The molecule has 0 bridgehead atoms. The number of aliphatic imine (C=N–C) groups is 1. The minimum absolute atomic E-state index is 0.0126. The van der Waals surface area contributed by atoms with Crippen LogP contribution in [0.2, 0.25) is 0 Å². The summed E-state index contributed by atoms with van der Waals surface area (Å²) in [6.07, 6.45) is 1.03. The molecule has 2 rings (SSSR count). The van der Waals surface area contributed by atoms with Gasteiger partial charge in [-0.1, -0.05) is 12.1 Å². The van der Waals surface area contributed by atoms with Crippen LogP contribution in [0.3, 0.4) is 0 Å². The molecule has 8 heteroatoms. The molecule has 1 amide bonds. The summed E-state index contributed by atoms with van der Waals surface area (Å²) in [6.45, 7) is 1.79.